The standard InChI is InChI=1S/C12H15NO5/c1-12(11(16)17,6-2-3-6)13-9(14)7-4-5-8(18-7)10(13)15/h6-8H,2-5H2,1H3,(H,16,17). The molecule has 3 fully saturated rings. The van der Waals surface area contributed by atoms with E-state index >= 15 is 0 Å². The van der Waals surface area contributed by atoms with Crippen LogP contribution in [0.15, 0.2) is 0 Å². The third kappa shape index (κ3) is 1.35. The third-order valence-corrected chi connectivity index (χ3v) is 4.28. The molecule has 0 aromatic heterocycles. The first-order valence-electron chi connectivity index (χ1n) is 6.23. The molecule has 3 unspecified atom stereocenters. The van der Waals surface area contributed by atoms with Crippen LogP contribution in [0.1, 0.15) is 32.6 Å². The van der Waals surface area contributed by atoms with Gasteiger partial charge in [-0.2, -0.15) is 0 Å². The number of hydrogen-bond acceptors (Lipinski definition) is 4. The maximum atomic E-state index is 12.2. The number of carbonyl (C=O) groups excluding carboxylic acids is 2. The van der Waals surface area contributed by atoms with E-state index in [1.54, 1.807) is 0 Å². The van der Waals surface area contributed by atoms with E-state index in [-0.39, 0.29) is 5.92 Å². The summed E-state index contributed by atoms with van der Waals surface area (Å²) in [5, 5.41) is 9.44. The Bertz CT molecular complexity index is 422. The van der Waals surface area contributed by atoms with E-state index in [0.29, 0.717) is 12.8 Å². The molecule has 2 bridgehead atoms. The predicted octanol–water partition coefficient (Wildman–Crippen LogP) is 0.156. The Balaban J connectivity index is 2.01. The number of hydrogen-bond donors (Lipinski definition) is 1. The molecule has 1 saturated carbocycles. The Kier molecular flexibility index (Phi) is 2.29. The number of imide groups is 1. The number of carboxylic acids is 1. The number of amides is 2. The van der Waals surface area contributed by atoms with Crippen LogP contribution >= 0.6 is 0 Å². The summed E-state index contributed by atoms with van der Waals surface area (Å²) in [6.45, 7) is 1.48. The van der Waals surface area contributed by atoms with Gasteiger partial charge in [0.25, 0.3) is 11.8 Å². The molecule has 1 aliphatic carbocycles. The van der Waals surface area contributed by atoms with Crippen molar-refractivity contribution in [1.82, 2.24) is 4.90 Å². The fraction of sp³-hybridized carbons (Fsp3) is 0.750. The van der Waals surface area contributed by atoms with E-state index in [1.165, 1.54) is 6.92 Å². The fourth-order valence-corrected chi connectivity index (χ4v) is 2.95. The molecule has 6 nitrogen and oxygen atoms in total. The SMILES string of the molecule is CC(C(=O)O)(C1CC1)N1C(=O)C2CCC(O2)C1=O. The highest BCUT2D eigenvalue weighted by atomic mass is 16.5. The van der Waals surface area contributed by atoms with Crippen LogP contribution in [0.2, 0.25) is 0 Å². The lowest BCUT2D eigenvalue weighted by molar-refractivity contribution is -0.184. The molecule has 1 N–H and O–H groups in total. The molecule has 6 heteroatoms. The Hall–Kier alpha value is -1.43. The van der Waals surface area contributed by atoms with Crippen LogP contribution in [-0.2, 0) is 19.1 Å². The molecule has 0 aromatic carbocycles. The van der Waals surface area contributed by atoms with Gasteiger partial charge in [0.05, 0.1) is 0 Å². The van der Waals surface area contributed by atoms with E-state index in [2.05, 4.69) is 0 Å². The molecule has 0 aromatic rings. The number of rotatable bonds is 3. The average Bonchev–Trinajstić information content (AvgIpc) is 3.06. The van der Waals surface area contributed by atoms with Crippen molar-refractivity contribution < 1.29 is 24.2 Å². The molecule has 3 aliphatic rings. The van der Waals surface area contributed by atoms with E-state index in [4.69, 9.17) is 4.74 Å². The van der Waals surface area contributed by atoms with E-state index < -0.39 is 35.5 Å². The van der Waals surface area contributed by atoms with E-state index in [9.17, 15) is 19.5 Å². The highest BCUT2D eigenvalue weighted by molar-refractivity contribution is 6.06. The summed E-state index contributed by atoms with van der Waals surface area (Å²) in [7, 11) is 0. The monoisotopic (exact) mass is 253 g/mol. The first-order valence-corrected chi connectivity index (χ1v) is 6.23. The highest BCUT2D eigenvalue weighted by Crippen LogP contribution is 2.46. The molecule has 2 saturated heterocycles. The van der Waals surface area contributed by atoms with Crippen molar-refractivity contribution in [2.24, 2.45) is 5.92 Å². The van der Waals surface area contributed by atoms with Gasteiger partial charge in [-0.05, 0) is 38.5 Å². The lowest BCUT2D eigenvalue weighted by atomic mass is 9.92. The van der Waals surface area contributed by atoms with Crippen LogP contribution in [0.4, 0.5) is 0 Å². The lowest BCUT2D eigenvalue weighted by Gasteiger charge is -2.40. The zero-order valence-corrected chi connectivity index (χ0v) is 10.1. The van der Waals surface area contributed by atoms with Crippen molar-refractivity contribution in [2.75, 3.05) is 0 Å². The van der Waals surface area contributed by atoms with Crippen molar-refractivity contribution in [3.63, 3.8) is 0 Å². The first-order chi connectivity index (χ1) is 8.46. The quantitative estimate of drug-likeness (QED) is 0.724. The Morgan fingerprint density at radius 1 is 1.22 bits per heavy atom. The van der Waals surface area contributed by atoms with Gasteiger partial charge in [0.1, 0.15) is 17.7 Å². The van der Waals surface area contributed by atoms with Gasteiger partial charge in [0, 0.05) is 0 Å². The van der Waals surface area contributed by atoms with Gasteiger partial charge in [-0.25, -0.2) is 4.79 Å². The van der Waals surface area contributed by atoms with Crippen molar-refractivity contribution in [1.29, 1.82) is 0 Å². The second-order valence-electron chi connectivity index (χ2n) is 5.43. The summed E-state index contributed by atoms with van der Waals surface area (Å²) in [5.74, 6) is -2.19. The Morgan fingerprint density at radius 3 is 2.11 bits per heavy atom. The number of carboxylic acid groups (broad SMARTS) is 1. The van der Waals surface area contributed by atoms with E-state index in [1.807, 2.05) is 0 Å². The summed E-state index contributed by atoms with van der Waals surface area (Å²) >= 11 is 0. The van der Waals surface area contributed by atoms with Crippen LogP contribution < -0.4 is 0 Å². The van der Waals surface area contributed by atoms with Crippen LogP contribution in [-0.4, -0.2) is 45.5 Å². The molecule has 0 radical (unpaired) electrons. The average molecular weight is 253 g/mol. The third-order valence-electron chi connectivity index (χ3n) is 4.28. The van der Waals surface area contributed by atoms with Crippen molar-refractivity contribution in [2.45, 2.75) is 50.4 Å². The summed E-state index contributed by atoms with van der Waals surface area (Å²) in [4.78, 5) is 36.9. The van der Waals surface area contributed by atoms with Gasteiger partial charge in [0.15, 0.2) is 0 Å². The molecule has 2 amide bonds. The number of ether oxygens (including phenoxy) is 1. The number of carbonyl (C=O) groups is 3. The van der Waals surface area contributed by atoms with Gasteiger partial charge >= 0.3 is 5.97 Å². The number of likely N-dealkylation sites (tertiary alicyclic amines) is 1. The normalized spacial score (nSPS) is 34.6. The second-order valence-corrected chi connectivity index (χ2v) is 5.43. The minimum atomic E-state index is -1.40. The number of nitrogens with zero attached hydrogens (tertiary/aromatic N) is 1. The number of fused-ring (bicyclic) bond motifs is 2. The second kappa shape index (κ2) is 3.54. The summed E-state index contributed by atoms with van der Waals surface area (Å²) in [5.41, 5.74) is -1.40. The molecule has 2 heterocycles. The molecule has 98 valence electrons. The summed E-state index contributed by atoms with van der Waals surface area (Å²) < 4.78 is 5.29. The molecule has 18 heavy (non-hydrogen) atoms. The van der Waals surface area contributed by atoms with Crippen LogP contribution in [0.25, 0.3) is 0 Å². The highest BCUT2D eigenvalue weighted by Gasteiger charge is 2.60. The summed E-state index contributed by atoms with van der Waals surface area (Å²) in [6, 6.07) is 0. The molecule has 3 atom stereocenters. The van der Waals surface area contributed by atoms with Crippen LogP contribution in [0.3, 0.4) is 0 Å². The van der Waals surface area contributed by atoms with Crippen molar-refractivity contribution >= 4 is 17.8 Å². The van der Waals surface area contributed by atoms with Crippen LogP contribution in [0, 0.1) is 5.92 Å². The number of aliphatic carboxylic acids is 1. The largest absolute Gasteiger partial charge is 0.479 e. The molecular weight excluding hydrogens is 238 g/mol. The zero-order chi connectivity index (χ0) is 13.1. The topological polar surface area (TPSA) is 83.9 Å². The van der Waals surface area contributed by atoms with Crippen molar-refractivity contribution in [3.8, 4) is 0 Å². The molecule has 2 aliphatic heterocycles. The van der Waals surface area contributed by atoms with Gasteiger partial charge in [-0.1, -0.05) is 0 Å². The maximum absolute atomic E-state index is 12.2. The minimum absolute atomic E-state index is 0.125. The fourth-order valence-electron chi connectivity index (χ4n) is 2.95. The predicted molar refractivity (Wildman–Crippen MR) is 58.5 cm³/mol. The van der Waals surface area contributed by atoms with Gasteiger partial charge in [-0.15, -0.1) is 0 Å². The lowest BCUT2D eigenvalue weighted by Crippen LogP contribution is -2.65. The van der Waals surface area contributed by atoms with Crippen LogP contribution in [0.5, 0.6) is 0 Å². The Labute approximate surface area is 104 Å². The van der Waals surface area contributed by atoms with Crippen molar-refractivity contribution in [3.05, 3.63) is 0 Å². The van der Waals surface area contributed by atoms with Gasteiger partial charge in [0.2, 0.25) is 0 Å². The zero-order valence-electron chi connectivity index (χ0n) is 10.1. The molecule has 3 rings (SSSR count). The van der Waals surface area contributed by atoms with E-state index in [0.717, 1.165) is 17.7 Å². The first kappa shape index (κ1) is 11.6. The molecular formula is C12H15NO5. The maximum Gasteiger partial charge on any atom is 0.330 e. The Morgan fingerprint density at radius 2 is 1.72 bits per heavy atom. The summed E-state index contributed by atoms with van der Waals surface area (Å²) in [6.07, 6.45) is 1.24. The number of morpholine rings is 1. The smallest absolute Gasteiger partial charge is 0.330 e. The van der Waals surface area contributed by atoms with Gasteiger partial charge < -0.3 is 9.84 Å². The van der Waals surface area contributed by atoms with Gasteiger partial charge in [-0.3, -0.25) is 14.5 Å². The molecule has 0 spiro atoms. The minimum Gasteiger partial charge on any atom is -0.479 e.